The summed E-state index contributed by atoms with van der Waals surface area (Å²) in [6, 6.07) is 14.4. The minimum Gasteiger partial charge on any atom is -0.486 e. The summed E-state index contributed by atoms with van der Waals surface area (Å²) in [6.07, 6.45) is 1.21. The summed E-state index contributed by atoms with van der Waals surface area (Å²) in [6.45, 7) is 0.0245. The zero-order chi connectivity index (χ0) is 20.4. The van der Waals surface area contributed by atoms with Crippen LogP contribution in [-0.4, -0.2) is 11.1 Å². The van der Waals surface area contributed by atoms with Gasteiger partial charge >= 0.3 is 5.97 Å². The summed E-state index contributed by atoms with van der Waals surface area (Å²) in [5, 5.41) is 9.55. The molecule has 0 radical (unpaired) electrons. The highest BCUT2D eigenvalue weighted by molar-refractivity contribution is 6.32. The number of hydrogen-bond acceptors (Lipinski definition) is 6. The highest BCUT2D eigenvalue weighted by Crippen LogP contribution is 2.29. The van der Waals surface area contributed by atoms with E-state index in [1.165, 1.54) is 18.4 Å². The number of aromatic carboxylic acids is 1. The molecule has 4 aromatic rings. The number of carboxylic acid groups (broad SMARTS) is 1. The molecule has 1 N–H and O–H groups in total. The normalized spacial score (nSPS) is 10.8. The lowest BCUT2D eigenvalue weighted by Crippen LogP contribution is -2.05. The number of ether oxygens (including phenoxy) is 2. The predicted octanol–water partition coefficient (Wildman–Crippen LogP) is 5.11. The third kappa shape index (κ3) is 3.95. The number of halogens is 1. The lowest BCUT2D eigenvalue weighted by Gasteiger charge is -2.08. The molecule has 2 heterocycles. The Hall–Kier alpha value is -3.71. The highest BCUT2D eigenvalue weighted by Gasteiger charge is 2.13. The third-order valence-corrected chi connectivity index (χ3v) is 4.34. The molecule has 0 saturated heterocycles. The number of carbonyl (C=O) groups is 1. The van der Waals surface area contributed by atoms with E-state index >= 15 is 0 Å². The molecule has 29 heavy (non-hydrogen) atoms. The Morgan fingerprint density at radius 2 is 1.90 bits per heavy atom. The van der Waals surface area contributed by atoms with Crippen molar-refractivity contribution in [2.75, 3.05) is 0 Å². The molecule has 2 aromatic heterocycles. The fourth-order valence-corrected chi connectivity index (χ4v) is 2.80. The second-order valence-electron chi connectivity index (χ2n) is 5.98. The quantitative estimate of drug-likeness (QED) is 0.469. The first-order valence-electron chi connectivity index (χ1n) is 8.44. The SMILES string of the molecule is O=C(O)c1ccc(COc2ccc3c(=O)c(Oc4ccccc4Cl)coc3c2)o1. The Labute approximate surface area is 168 Å². The van der Waals surface area contributed by atoms with E-state index in [9.17, 15) is 9.59 Å². The van der Waals surface area contributed by atoms with Gasteiger partial charge in [0.25, 0.3) is 0 Å². The maximum Gasteiger partial charge on any atom is 0.371 e. The minimum absolute atomic E-state index is 0.0102. The van der Waals surface area contributed by atoms with Gasteiger partial charge in [-0.05, 0) is 36.4 Å². The molecule has 0 spiro atoms. The number of carboxylic acids is 1. The van der Waals surface area contributed by atoms with E-state index < -0.39 is 5.97 Å². The molecule has 8 heteroatoms. The van der Waals surface area contributed by atoms with E-state index in [1.54, 1.807) is 42.5 Å². The van der Waals surface area contributed by atoms with Gasteiger partial charge < -0.3 is 23.4 Å². The summed E-state index contributed by atoms with van der Waals surface area (Å²) < 4.78 is 21.8. The number of rotatable bonds is 6. The monoisotopic (exact) mass is 412 g/mol. The van der Waals surface area contributed by atoms with Crippen LogP contribution >= 0.6 is 11.6 Å². The van der Waals surface area contributed by atoms with Gasteiger partial charge in [0, 0.05) is 6.07 Å². The van der Waals surface area contributed by atoms with Gasteiger partial charge in [0.1, 0.15) is 35.7 Å². The Balaban J connectivity index is 1.54. The molecule has 0 saturated carbocycles. The van der Waals surface area contributed by atoms with Crippen LogP contribution < -0.4 is 14.9 Å². The van der Waals surface area contributed by atoms with Crippen molar-refractivity contribution in [3.05, 3.63) is 87.6 Å². The van der Waals surface area contributed by atoms with Crippen molar-refractivity contribution in [1.82, 2.24) is 0 Å². The molecule has 0 aliphatic heterocycles. The number of hydrogen-bond donors (Lipinski definition) is 1. The second kappa shape index (κ2) is 7.73. The van der Waals surface area contributed by atoms with Crippen LogP contribution in [0.5, 0.6) is 17.2 Å². The molecule has 7 nitrogen and oxygen atoms in total. The third-order valence-electron chi connectivity index (χ3n) is 4.02. The van der Waals surface area contributed by atoms with Gasteiger partial charge in [-0.2, -0.15) is 0 Å². The zero-order valence-corrected chi connectivity index (χ0v) is 15.5. The van der Waals surface area contributed by atoms with Crippen LogP contribution in [0.3, 0.4) is 0 Å². The maximum absolute atomic E-state index is 12.7. The Morgan fingerprint density at radius 3 is 2.66 bits per heavy atom. The first-order chi connectivity index (χ1) is 14.0. The topological polar surface area (TPSA) is 99.1 Å². The van der Waals surface area contributed by atoms with Gasteiger partial charge in [-0.1, -0.05) is 23.7 Å². The molecular weight excluding hydrogens is 400 g/mol. The van der Waals surface area contributed by atoms with Gasteiger partial charge in [0.05, 0.1) is 10.4 Å². The van der Waals surface area contributed by atoms with E-state index in [0.717, 1.165) is 0 Å². The van der Waals surface area contributed by atoms with E-state index in [4.69, 9.17) is 35.0 Å². The van der Waals surface area contributed by atoms with Crippen molar-refractivity contribution < 1.29 is 28.2 Å². The molecule has 146 valence electrons. The molecule has 0 unspecified atom stereocenters. The smallest absolute Gasteiger partial charge is 0.371 e. The van der Waals surface area contributed by atoms with Crippen LogP contribution in [0.2, 0.25) is 5.02 Å². The average Bonchev–Trinajstić information content (AvgIpc) is 3.19. The van der Waals surface area contributed by atoms with E-state index in [1.807, 2.05) is 0 Å². The Morgan fingerprint density at radius 1 is 1.07 bits per heavy atom. The molecule has 0 bridgehead atoms. The molecule has 4 rings (SSSR count). The molecule has 0 atom stereocenters. The standard InChI is InChI=1S/C21H13ClO7/c22-15-3-1-2-4-16(15)29-19-11-27-18-9-12(5-7-14(18)20(19)23)26-10-13-6-8-17(28-13)21(24)25/h1-9,11H,10H2,(H,24,25). The fourth-order valence-electron chi connectivity index (χ4n) is 2.62. The van der Waals surface area contributed by atoms with E-state index in [0.29, 0.717) is 33.3 Å². The zero-order valence-electron chi connectivity index (χ0n) is 14.8. The van der Waals surface area contributed by atoms with Crippen molar-refractivity contribution >= 4 is 28.5 Å². The number of furan rings is 1. The predicted molar refractivity (Wildman–Crippen MR) is 104 cm³/mol. The van der Waals surface area contributed by atoms with Crippen LogP contribution in [0.1, 0.15) is 16.3 Å². The van der Waals surface area contributed by atoms with Crippen molar-refractivity contribution in [2.45, 2.75) is 6.61 Å². The minimum atomic E-state index is -1.15. The summed E-state index contributed by atoms with van der Waals surface area (Å²) in [5.74, 6) is -0.185. The summed E-state index contributed by atoms with van der Waals surface area (Å²) in [5.41, 5.74) is -0.0421. The summed E-state index contributed by atoms with van der Waals surface area (Å²) in [4.78, 5) is 23.5. The van der Waals surface area contributed by atoms with Crippen LogP contribution in [0.4, 0.5) is 0 Å². The van der Waals surface area contributed by atoms with E-state index in [2.05, 4.69) is 0 Å². The van der Waals surface area contributed by atoms with Gasteiger partial charge in [0.2, 0.25) is 16.9 Å². The van der Waals surface area contributed by atoms with Gasteiger partial charge in [-0.15, -0.1) is 0 Å². The Bertz CT molecular complexity index is 1260. The highest BCUT2D eigenvalue weighted by atomic mass is 35.5. The van der Waals surface area contributed by atoms with Crippen molar-refractivity contribution in [2.24, 2.45) is 0 Å². The van der Waals surface area contributed by atoms with Crippen LogP contribution in [0.25, 0.3) is 11.0 Å². The number of benzene rings is 2. The molecule has 0 fully saturated rings. The summed E-state index contributed by atoms with van der Waals surface area (Å²) >= 11 is 6.06. The van der Waals surface area contributed by atoms with Crippen molar-refractivity contribution in [1.29, 1.82) is 0 Å². The first kappa shape index (κ1) is 18.6. The van der Waals surface area contributed by atoms with Gasteiger partial charge in [-0.3, -0.25) is 4.79 Å². The molecule has 0 aliphatic carbocycles. The molecule has 0 aliphatic rings. The molecular formula is C21H13ClO7. The average molecular weight is 413 g/mol. The maximum atomic E-state index is 12.7. The van der Waals surface area contributed by atoms with Crippen LogP contribution in [-0.2, 0) is 6.61 Å². The second-order valence-corrected chi connectivity index (χ2v) is 6.39. The van der Waals surface area contributed by atoms with Crippen LogP contribution in [0.15, 0.2) is 74.5 Å². The molecule has 2 aromatic carbocycles. The van der Waals surface area contributed by atoms with Crippen molar-refractivity contribution in [3.63, 3.8) is 0 Å². The first-order valence-corrected chi connectivity index (χ1v) is 8.82. The summed E-state index contributed by atoms with van der Waals surface area (Å²) in [7, 11) is 0. The molecule has 0 amide bonds. The number of fused-ring (bicyclic) bond motifs is 1. The van der Waals surface area contributed by atoms with Gasteiger partial charge in [-0.25, -0.2) is 4.79 Å². The van der Waals surface area contributed by atoms with Crippen LogP contribution in [0, 0.1) is 0 Å². The number of para-hydroxylation sites is 1. The van der Waals surface area contributed by atoms with Gasteiger partial charge in [0.15, 0.2) is 0 Å². The fraction of sp³-hybridized carbons (Fsp3) is 0.0476. The Kier molecular flexibility index (Phi) is 4.97. The van der Waals surface area contributed by atoms with Crippen molar-refractivity contribution in [3.8, 4) is 17.2 Å². The lowest BCUT2D eigenvalue weighted by molar-refractivity contribution is 0.0658. The lowest BCUT2D eigenvalue weighted by atomic mass is 10.2. The van der Waals surface area contributed by atoms with E-state index in [-0.39, 0.29) is 23.5 Å². The largest absolute Gasteiger partial charge is 0.486 e.